The van der Waals surface area contributed by atoms with Crippen LogP contribution in [0.4, 0.5) is 0 Å². The molecule has 3 fully saturated rings. The summed E-state index contributed by atoms with van der Waals surface area (Å²) in [5.74, 6) is 2.96. The number of hydrogen-bond donors (Lipinski definition) is 0. The number of ketones is 1. The predicted molar refractivity (Wildman–Crippen MR) is 116 cm³/mol. The molecule has 3 saturated carbocycles. The molecule has 1 unspecified atom stereocenters. The summed E-state index contributed by atoms with van der Waals surface area (Å²) < 4.78 is 11.0. The Morgan fingerprint density at radius 1 is 1.14 bits per heavy atom. The maximum atomic E-state index is 11.8. The van der Waals surface area contributed by atoms with Crippen molar-refractivity contribution in [1.82, 2.24) is 0 Å². The number of rotatable bonds is 6. The van der Waals surface area contributed by atoms with Crippen LogP contribution in [0.1, 0.15) is 79.1 Å². The van der Waals surface area contributed by atoms with Crippen LogP contribution in [0.25, 0.3) is 0 Å². The first-order valence-corrected chi connectivity index (χ1v) is 11.8. The summed E-state index contributed by atoms with van der Waals surface area (Å²) in [4.78, 5) is 11.8. The van der Waals surface area contributed by atoms with Crippen LogP contribution in [-0.4, -0.2) is 25.8 Å². The zero-order valence-electron chi connectivity index (χ0n) is 19.1. The van der Waals surface area contributed by atoms with Crippen molar-refractivity contribution in [3.05, 3.63) is 23.3 Å². The van der Waals surface area contributed by atoms with Crippen molar-refractivity contribution in [2.75, 3.05) is 13.9 Å². The van der Waals surface area contributed by atoms with E-state index in [-0.39, 0.29) is 0 Å². The minimum Gasteiger partial charge on any atom is -0.359 e. The van der Waals surface area contributed by atoms with Crippen LogP contribution in [0.2, 0.25) is 0 Å². The Kier molecular flexibility index (Phi) is 5.85. The van der Waals surface area contributed by atoms with Crippen molar-refractivity contribution in [2.24, 2.45) is 34.5 Å². The highest BCUT2D eigenvalue weighted by Gasteiger charge is 2.57. The molecule has 0 bridgehead atoms. The number of Topliss-reactive ketones (excluding diaryl/α,β-unsaturated/α-hetero) is 1. The monoisotopic (exact) mass is 400 g/mol. The lowest BCUT2D eigenvalue weighted by atomic mass is 9.50. The van der Waals surface area contributed by atoms with Crippen LogP contribution < -0.4 is 0 Å². The molecule has 4 rings (SSSR count). The van der Waals surface area contributed by atoms with Crippen LogP contribution in [0.3, 0.4) is 0 Å². The van der Waals surface area contributed by atoms with Crippen LogP contribution >= 0.6 is 0 Å². The normalized spacial score (nSPS) is 42.2. The lowest BCUT2D eigenvalue weighted by molar-refractivity contribution is -0.118. The Hall–Kier alpha value is -0.930. The highest BCUT2D eigenvalue weighted by Crippen LogP contribution is 2.66. The third kappa shape index (κ3) is 3.57. The Morgan fingerprint density at radius 3 is 2.66 bits per heavy atom. The van der Waals surface area contributed by atoms with E-state index in [0.717, 1.165) is 19.3 Å². The molecule has 0 saturated heterocycles. The van der Waals surface area contributed by atoms with E-state index in [4.69, 9.17) is 9.47 Å². The minimum atomic E-state index is 0.307. The van der Waals surface area contributed by atoms with Gasteiger partial charge in [-0.2, -0.15) is 0 Å². The highest BCUT2D eigenvalue weighted by molar-refractivity contribution is 5.75. The molecule has 7 atom stereocenters. The summed E-state index contributed by atoms with van der Waals surface area (Å²) in [6, 6.07) is 0. The fourth-order valence-electron chi connectivity index (χ4n) is 7.85. The van der Waals surface area contributed by atoms with Crippen molar-refractivity contribution < 1.29 is 14.3 Å². The Balaban J connectivity index is 1.56. The van der Waals surface area contributed by atoms with Crippen LogP contribution in [0.5, 0.6) is 0 Å². The summed E-state index contributed by atoms with van der Waals surface area (Å²) in [5.41, 5.74) is 4.01. The third-order valence-corrected chi connectivity index (χ3v) is 9.32. The van der Waals surface area contributed by atoms with Gasteiger partial charge in [0.15, 0.2) is 0 Å². The number of allylic oxidation sites excluding steroid dienone is 3. The SMILES string of the molecule is COCO[C@H]1CC[C@@]2(C)C(=CC=C3[C@@H]4CC[C@H](C(C)CC(C)=O)[C@@]4(C)CC[C@@H]32)C1. The van der Waals surface area contributed by atoms with Gasteiger partial charge in [-0.3, -0.25) is 0 Å². The zero-order chi connectivity index (χ0) is 20.8. The molecule has 3 heteroatoms. The second kappa shape index (κ2) is 7.96. The highest BCUT2D eigenvalue weighted by atomic mass is 16.7. The second-order valence-corrected chi connectivity index (χ2v) is 10.9. The quantitative estimate of drug-likeness (QED) is 0.506. The van der Waals surface area contributed by atoms with E-state index in [2.05, 4.69) is 32.9 Å². The average Bonchev–Trinajstić information content (AvgIpc) is 3.03. The Bertz CT molecular complexity index is 707. The van der Waals surface area contributed by atoms with Crippen molar-refractivity contribution in [3.8, 4) is 0 Å². The molecule has 29 heavy (non-hydrogen) atoms. The smallest absolute Gasteiger partial charge is 0.146 e. The average molecular weight is 401 g/mol. The summed E-state index contributed by atoms with van der Waals surface area (Å²) >= 11 is 0. The number of methoxy groups -OCH3 is 1. The van der Waals surface area contributed by atoms with Crippen LogP contribution in [-0.2, 0) is 14.3 Å². The second-order valence-electron chi connectivity index (χ2n) is 10.9. The van der Waals surface area contributed by atoms with Gasteiger partial charge in [-0.05, 0) is 86.4 Å². The first kappa shape index (κ1) is 21.3. The molecule has 0 aromatic heterocycles. The summed E-state index contributed by atoms with van der Waals surface area (Å²) in [6.07, 6.45) is 14.7. The van der Waals surface area contributed by atoms with Gasteiger partial charge in [0.2, 0.25) is 0 Å². The molecule has 0 radical (unpaired) electrons. The van der Waals surface area contributed by atoms with E-state index in [9.17, 15) is 4.79 Å². The largest absolute Gasteiger partial charge is 0.359 e. The molecule has 162 valence electrons. The van der Waals surface area contributed by atoms with Gasteiger partial charge in [0.25, 0.3) is 0 Å². The lowest BCUT2D eigenvalue weighted by Gasteiger charge is -2.55. The first-order valence-electron chi connectivity index (χ1n) is 11.8. The van der Waals surface area contributed by atoms with E-state index in [1.54, 1.807) is 25.2 Å². The molecular formula is C26H40O3. The molecule has 4 aliphatic rings. The first-order chi connectivity index (χ1) is 13.8. The lowest BCUT2D eigenvalue weighted by Crippen LogP contribution is -2.46. The van der Waals surface area contributed by atoms with Crippen LogP contribution in [0, 0.1) is 34.5 Å². The summed E-state index contributed by atoms with van der Waals surface area (Å²) in [5, 5.41) is 0. The fraction of sp³-hybridized carbons (Fsp3) is 0.808. The predicted octanol–water partition coefficient (Wildman–Crippen LogP) is 6.09. The number of hydrogen-bond acceptors (Lipinski definition) is 3. The van der Waals surface area contributed by atoms with E-state index in [1.807, 2.05) is 0 Å². The van der Waals surface area contributed by atoms with Gasteiger partial charge in [-0.25, -0.2) is 0 Å². The van der Waals surface area contributed by atoms with Gasteiger partial charge < -0.3 is 14.3 Å². The number of ether oxygens (including phenoxy) is 2. The molecule has 0 heterocycles. The molecule has 0 aromatic rings. The van der Waals surface area contributed by atoms with Gasteiger partial charge in [0.1, 0.15) is 12.6 Å². The zero-order valence-corrected chi connectivity index (χ0v) is 19.1. The molecule has 0 aromatic carbocycles. The fourth-order valence-corrected chi connectivity index (χ4v) is 7.85. The van der Waals surface area contributed by atoms with Crippen molar-refractivity contribution in [1.29, 1.82) is 0 Å². The molecule has 0 N–H and O–H groups in total. The van der Waals surface area contributed by atoms with E-state index in [1.165, 1.54) is 32.1 Å². The van der Waals surface area contributed by atoms with Crippen molar-refractivity contribution >= 4 is 5.78 Å². The molecule has 0 aliphatic heterocycles. The molecule has 0 spiro atoms. The van der Waals surface area contributed by atoms with Crippen molar-refractivity contribution in [2.45, 2.75) is 85.2 Å². The summed E-state index contributed by atoms with van der Waals surface area (Å²) in [6.45, 7) is 9.55. The van der Waals surface area contributed by atoms with Gasteiger partial charge in [-0.1, -0.05) is 44.1 Å². The van der Waals surface area contributed by atoms with E-state index >= 15 is 0 Å². The number of fused-ring (bicyclic) bond motifs is 5. The third-order valence-electron chi connectivity index (χ3n) is 9.32. The Labute approximate surface area is 177 Å². The van der Waals surface area contributed by atoms with Crippen molar-refractivity contribution in [3.63, 3.8) is 0 Å². The van der Waals surface area contributed by atoms with E-state index in [0.29, 0.717) is 53.2 Å². The Morgan fingerprint density at radius 2 is 1.93 bits per heavy atom. The maximum Gasteiger partial charge on any atom is 0.146 e. The topological polar surface area (TPSA) is 35.5 Å². The molecule has 0 amide bonds. The van der Waals surface area contributed by atoms with Gasteiger partial charge in [0.05, 0.1) is 6.10 Å². The maximum absolute atomic E-state index is 11.8. The molecular weight excluding hydrogens is 360 g/mol. The molecule has 4 aliphatic carbocycles. The van der Waals surface area contributed by atoms with Gasteiger partial charge in [-0.15, -0.1) is 0 Å². The standard InChI is InChI=1S/C26H40O3/c1-17(14-18(2)27)22-8-9-23-21-7-6-19-15-20(29-16-28-5)10-12-25(19,3)24(21)11-13-26(22,23)4/h6-7,17,20,22-24H,8-16H2,1-5H3/t17?,20-,22+,23-,24-,25-,26+/m0/s1. The van der Waals surface area contributed by atoms with Gasteiger partial charge in [0, 0.05) is 13.5 Å². The number of carbonyl (C=O) groups excluding carboxylic acids is 1. The van der Waals surface area contributed by atoms with Gasteiger partial charge >= 0.3 is 0 Å². The molecule has 3 nitrogen and oxygen atoms in total. The van der Waals surface area contributed by atoms with E-state index < -0.39 is 0 Å². The van der Waals surface area contributed by atoms with Crippen LogP contribution in [0.15, 0.2) is 23.3 Å². The number of carbonyl (C=O) groups is 1. The summed E-state index contributed by atoms with van der Waals surface area (Å²) in [7, 11) is 1.70. The minimum absolute atomic E-state index is 0.307.